The first-order chi connectivity index (χ1) is 18.3. The number of allylic oxidation sites excluding steroid dienone is 2. The van der Waals surface area contributed by atoms with Gasteiger partial charge in [0.05, 0.1) is 12.4 Å². The predicted octanol–water partition coefficient (Wildman–Crippen LogP) is 10.3. The number of rotatable bonds is 13. The third-order valence-corrected chi connectivity index (χ3v) is 10.1. The molecule has 0 bridgehead atoms. The molecule has 2 saturated carbocycles. The first kappa shape index (κ1) is 28.8. The molecule has 0 radical (unpaired) electrons. The molecule has 1 unspecified atom stereocenters. The third-order valence-electron chi connectivity index (χ3n) is 10.1. The summed E-state index contributed by atoms with van der Waals surface area (Å²) in [7, 11) is 0. The van der Waals surface area contributed by atoms with Crippen LogP contribution in [0, 0.1) is 25.2 Å². The molecule has 2 aliphatic carbocycles. The molecule has 1 N–H and O–H groups in total. The van der Waals surface area contributed by atoms with E-state index in [4.69, 9.17) is 4.74 Å². The number of hydrogen-bond donors (Lipinski definition) is 1. The Morgan fingerprint density at radius 3 is 2.29 bits per heavy atom. The molecule has 0 aromatic heterocycles. The highest BCUT2D eigenvalue weighted by Gasteiger charge is 2.52. The molecule has 0 saturated heterocycles. The zero-order valence-electron chi connectivity index (χ0n) is 24.9. The van der Waals surface area contributed by atoms with Crippen molar-refractivity contribution in [2.75, 3.05) is 6.61 Å². The van der Waals surface area contributed by atoms with E-state index in [0.29, 0.717) is 12.4 Å². The molecule has 2 aromatic carbocycles. The molecule has 1 atom stereocenters. The fourth-order valence-corrected chi connectivity index (χ4v) is 7.39. The van der Waals surface area contributed by atoms with E-state index in [9.17, 15) is 5.11 Å². The predicted molar refractivity (Wildman–Crippen MR) is 161 cm³/mol. The standard InChI is InChI=1S/C36H52O2/c1-6-36(7-2,32-19-20-34(28(4)25-32)38-23-13-8-10-14-29(5)37)31-17-15-30(27(3)24-31)16-18-33-26-35(33)21-11-9-12-22-35/h14-15,17,19-20,24-25,33,37H,6-13,16,18,21-23,26H2,1-5H3/b29-14+. The molecule has 2 aromatic rings. The van der Waals surface area contributed by atoms with Crippen molar-refractivity contribution in [1.82, 2.24) is 0 Å². The molecule has 2 nitrogen and oxygen atoms in total. The van der Waals surface area contributed by atoms with Gasteiger partial charge in [0.1, 0.15) is 5.75 Å². The highest BCUT2D eigenvalue weighted by atomic mass is 16.5. The number of benzene rings is 2. The average molecular weight is 517 g/mol. The fraction of sp³-hybridized carbons (Fsp3) is 0.611. The van der Waals surface area contributed by atoms with E-state index in [-0.39, 0.29) is 5.41 Å². The van der Waals surface area contributed by atoms with Gasteiger partial charge in [-0.1, -0.05) is 63.4 Å². The Hall–Kier alpha value is -2.22. The summed E-state index contributed by atoms with van der Waals surface area (Å²) in [6, 6.07) is 14.2. The molecule has 4 rings (SSSR count). The lowest BCUT2D eigenvalue weighted by Crippen LogP contribution is -2.26. The molecule has 208 valence electrons. The van der Waals surface area contributed by atoms with E-state index in [1.807, 2.05) is 6.08 Å². The summed E-state index contributed by atoms with van der Waals surface area (Å²) in [5.74, 6) is 2.38. The van der Waals surface area contributed by atoms with Crippen molar-refractivity contribution in [1.29, 1.82) is 0 Å². The van der Waals surface area contributed by atoms with Crippen LogP contribution in [-0.4, -0.2) is 11.7 Å². The summed E-state index contributed by atoms with van der Waals surface area (Å²) in [5, 5.41) is 9.29. The van der Waals surface area contributed by atoms with E-state index in [1.165, 1.54) is 73.6 Å². The van der Waals surface area contributed by atoms with Gasteiger partial charge in [-0.3, -0.25) is 0 Å². The number of aliphatic hydroxyl groups excluding tert-OH is 1. The maximum atomic E-state index is 9.29. The normalized spacial score (nSPS) is 19.1. The van der Waals surface area contributed by atoms with Gasteiger partial charge in [-0.25, -0.2) is 0 Å². The zero-order chi connectivity index (χ0) is 27.2. The van der Waals surface area contributed by atoms with Crippen LogP contribution in [-0.2, 0) is 11.8 Å². The van der Waals surface area contributed by atoms with Gasteiger partial charge in [0.2, 0.25) is 0 Å². The minimum atomic E-state index is 0.0315. The molecule has 1 spiro atoms. The van der Waals surface area contributed by atoms with Crippen molar-refractivity contribution >= 4 is 0 Å². The van der Waals surface area contributed by atoms with Crippen LogP contribution >= 0.6 is 0 Å². The second-order valence-electron chi connectivity index (χ2n) is 12.5. The maximum absolute atomic E-state index is 9.29. The molecular weight excluding hydrogens is 464 g/mol. The summed E-state index contributed by atoms with van der Waals surface area (Å²) in [4.78, 5) is 0. The molecule has 0 heterocycles. The molecule has 0 aliphatic heterocycles. The Bertz CT molecular complexity index is 1080. The van der Waals surface area contributed by atoms with E-state index < -0.39 is 0 Å². The number of aryl methyl sites for hydroxylation is 3. The van der Waals surface area contributed by atoms with Crippen molar-refractivity contribution in [3.63, 3.8) is 0 Å². The van der Waals surface area contributed by atoms with Crippen LogP contribution in [0.25, 0.3) is 0 Å². The van der Waals surface area contributed by atoms with Crippen molar-refractivity contribution in [2.45, 2.75) is 124 Å². The SMILES string of the molecule is CCC(CC)(c1ccc(CCC2CC23CCCCC3)c(C)c1)c1ccc(OCCCC/C=C(\C)O)c(C)c1. The highest BCUT2D eigenvalue weighted by molar-refractivity contribution is 5.47. The molecule has 2 fully saturated rings. The first-order valence-corrected chi connectivity index (χ1v) is 15.5. The Morgan fingerprint density at radius 2 is 1.66 bits per heavy atom. The summed E-state index contributed by atoms with van der Waals surface area (Å²) in [6.07, 6.45) is 18.5. The summed E-state index contributed by atoms with van der Waals surface area (Å²) >= 11 is 0. The van der Waals surface area contributed by atoms with Crippen LogP contribution in [0.15, 0.2) is 48.2 Å². The smallest absolute Gasteiger partial charge is 0.122 e. The van der Waals surface area contributed by atoms with Crippen LogP contribution in [0.2, 0.25) is 0 Å². The third kappa shape index (κ3) is 6.49. The Balaban J connectivity index is 1.41. The van der Waals surface area contributed by atoms with Gasteiger partial charge in [-0.05, 0) is 136 Å². The van der Waals surface area contributed by atoms with E-state index in [2.05, 4.69) is 64.1 Å². The van der Waals surface area contributed by atoms with Crippen LogP contribution in [0.4, 0.5) is 0 Å². The fourth-order valence-electron chi connectivity index (χ4n) is 7.39. The number of ether oxygens (including phenoxy) is 1. The molecule has 0 amide bonds. The Kier molecular flexibility index (Phi) is 9.66. The van der Waals surface area contributed by atoms with Crippen molar-refractivity contribution in [3.8, 4) is 5.75 Å². The van der Waals surface area contributed by atoms with Gasteiger partial charge in [-0.2, -0.15) is 0 Å². The van der Waals surface area contributed by atoms with Crippen LogP contribution in [0.1, 0.15) is 126 Å². The summed E-state index contributed by atoms with van der Waals surface area (Å²) in [5.41, 5.74) is 7.88. The molecule has 2 aliphatic rings. The number of aliphatic hydroxyl groups is 1. The zero-order valence-corrected chi connectivity index (χ0v) is 24.9. The quantitative estimate of drug-likeness (QED) is 0.212. The van der Waals surface area contributed by atoms with E-state index >= 15 is 0 Å². The molecule has 38 heavy (non-hydrogen) atoms. The number of hydrogen-bond acceptors (Lipinski definition) is 2. The maximum Gasteiger partial charge on any atom is 0.122 e. The monoisotopic (exact) mass is 516 g/mol. The number of unbranched alkanes of at least 4 members (excludes halogenated alkanes) is 2. The van der Waals surface area contributed by atoms with Crippen LogP contribution in [0.5, 0.6) is 5.75 Å². The van der Waals surface area contributed by atoms with Gasteiger partial charge in [-0.15, -0.1) is 0 Å². The van der Waals surface area contributed by atoms with E-state index in [0.717, 1.165) is 49.2 Å². The van der Waals surface area contributed by atoms with Crippen molar-refractivity contribution in [3.05, 3.63) is 76.1 Å². The average Bonchev–Trinajstić information content (AvgIpc) is 3.58. The molecule has 2 heteroatoms. The Labute approximate surface area is 232 Å². The van der Waals surface area contributed by atoms with Gasteiger partial charge in [0.25, 0.3) is 0 Å². The van der Waals surface area contributed by atoms with Gasteiger partial charge < -0.3 is 9.84 Å². The highest BCUT2D eigenvalue weighted by Crippen LogP contribution is 2.63. The first-order valence-electron chi connectivity index (χ1n) is 15.5. The van der Waals surface area contributed by atoms with Crippen molar-refractivity contribution < 1.29 is 9.84 Å². The lowest BCUT2D eigenvalue weighted by molar-refractivity contribution is 0.302. The summed E-state index contributed by atoms with van der Waals surface area (Å²) < 4.78 is 6.13. The Morgan fingerprint density at radius 1 is 0.974 bits per heavy atom. The molecular formula is C36H52O2. The van der Waals surface area contributed by atoms with Gasteiger partial charge >= 0.3 is 0 Å². The second-order valence-corrected chi connectivity index (χ2v) is 12.5. The van der Waals surface area contributed by atoms with E-state index in [1.54, 1.807) is 12.5 Å². The second kappa shape index (κ2) is 12.8. The van der Waals surface area contributed by atoms with Crippen LogP contribution < -0.4 is 4.74 Å². The van der Waals surface area contributed by atoms with Gasteiger partial charge in [0, 0.05) is 5.41 Å². The lowest BCUT2D eigenvalue weighted by atomic mass is 9.69. The van der Waals surface area contributed by atoms with Crippen molar-refractivity contribution in [2.24, 2.45) is 11.3 Å². The van der Waals surface area contributed by atoms with Gasteiger partial charge in [0.15, 0.2) is 0 Å². The van der Waals surface area contributed by atoms with Crippen LogP contribution in [0.3, 0.4) is 0 Å². The largest absolute Gasteiger partial charge is 0.513 e. The summed E-state index contributed by atoms with van der Waals surface area (Å²) in [6.45, 7) is 11.6. The topological polar surface area (TPSA) is 29.5 Å². The minimum absolute atomic E-state index is 0.0315. The minimum Gasteiger partial charge on any atom is -0.513 e. The lowest BCUT2D eigenvalue weighted by Gasteiger charge is -2.34.